The number of aromatic nitrogens is 3. The third-order valence-electron chi connectivity index (χ3n) is 10.3. The van der Waals surface area contributed by atoms with Crippen LogP contribution in [0.1, 0.15) is 24.2 Å². The van der Waals surface area contributed by atoms with Gasteiger partial charge in [0.2, 0.25) is 0 Å². The van der Waals surface area contributed by atoms with Crippen LogP contribution in [0.3, 0.4) is 0 Å². The van der Waals surface area contributed by atoms with Crippen LogP contribution in [0.25, 0.3) is 88.9 Å². The van der Waals surface area contributed by atoms with Gasteiger partial charge in [0, 0.05) is 21.9 Å². The first-order valence-electron chi connectivity index (χ1n) is 18.1. The average Bonchev–Trinajstić information content (AvgIpc) is 3.61. The summed E-state index contributed by atoms with van der Waals surface area (Å²) < 4.78 is 6.46. The van der Waals surface area contributed by atoms with E-state index in [-0.39, 0.29) is 0 Å². The van der Waals surface area contributed by atoms with Gasteiger partial charge in [-0.1, -0.05) is 146 Å². The van der Waals surface area contributed by atoms with Crippen molar-refractivity contribution in [3.63, 3.8) is 0 Å². The zero-order valence-corrected chi connectivity index (χ0v) is 28.9. The van der Waals surface area contributed by atoms with Gasteiger partial charge in [-0.3, -0.25) is 0 Å². The van der Waals surface area contributed by atoms with E-state index < -0.39 is 0 Å². The zero-order valence-electron chi connectivity index (χ0n) is 28.9. The van der Waals surface area contributed by atoms with Crippen LogP contribution in [-0.2, 0) is 0 Å². The molecule has 10 rings (SSSR count). The Hall–Kier alpha value is -6.91. The minimum absolute atomic E-state index is 0.620. The van der Waals surface area contributed by atoms with Crippen LogP contribution in [0.4, 0.5) is 0 Å². The molecular formula is C49H33N3O. The van der Waals surface area contributed by atoms with E-state index in [0.717, 1.165) is 62.6 Å². The number of furan rings is 1. The van der Waals surface area contributed by atoms with Gasteiger partial charge in [0.15, 0.2) is 17.5 Å². The minimum Gasteiger partial charge on any atom is -0.456 e. The summed E-state index contributed by atoms with van der Waals surface area (Å²) in [5, 5.41) is 4.61. The number of allylic oxidation sites excluding steroid dienone is 4. The maximum atomic E-state index is 6.46. The first-order chi connectivity index (χ1) is 26.2. The average molecular weight is 680 g/mol. The molecule has 2 aromatic heterocycles. The molecule has 53 heavy (non-hydrogen) atoms. The normalized spacial score (nSPS) is 13.0. The van der Waals surface area contributed by atoms with Crippen molar-refractivity contribution in [2.24, 2.45) is 0 Å². The fourth-order valence-electron chi connectivity index (χ4n) is 7.40. The topological polar surface area (TPSA) is 51.8 Å². The van der Waals surface area contributed by atoms with Crippen molar-refractivity contribution < 1.29 is 4.42 Å². The monoisotopic (exact) mass is 679 g/mol. The van der Waals surface area contributed by atoms with Crippen LogP contribution in [0.15, 0.2) is 180 Å². The highest BCUT2D eigenvalue weighted by molar-refractivity contribution is 6.07. The Morgan fingerprint density at radius 3 is 1.68 bits per heavy atom. The van der Waals surface area contributed by atoms with Gasteiger partial charge >= 0.3 is 0 Å². The van der Waals surface area contributed by atoms with E-state index in [4.69, 9.17) is 19.4 Å². The molecule has 0 saturated heterocycles. The number of rotatable bonds is 6. The van der Waals surface area contributed by atoms with E-state index in [1.54, 1.807) is 0 Å². The van der Waals surface area contributed by atoms with Crippen LogP contribution < -0.4 is 0 Å². The van der Waals surface area contributed by atoms with Crippen LogP contribution in [0.5, 0.6) is 0 Å². The van der Waals surface area contributed by atoms with Crippen molar-refractivity contribution in [1.29, 1.82) is 0 Å². The summed E-state index contributed by atoms with van der Waals surface area (Å²) in [6.45, 7) is 0. The van der Waals surface area contributed by atoms with Gasteiger partial charge in [-0.05, 0) is 92.9 Å². The molecule has 1 aliphatic rings. The second kappa shape index (κ2) is 13.0. The lowest BCUT2D eigenvalue weighted by Crippen LogP contribution is -2.04. The Morgan fingerprint density at radius 1 is 0.340 bits per heavy atom. The molecule has 1 aliphatic carbocycles. The Balaban J connectivity index is 1.05. The largest absolute Gasteiger partial charge is 0.456 e. The molecule has 0 spiro atoms. The molecule has 0 amide bonds. The number of fused-ring (bicyclic) bond motifs is 4. The smallest absolute Gasteiger partial charge is 0.164 e. The molecule has 250 valence electrons. The molecule has 4 heteroatoms. The number of benzene rings is 7. The SMILES string of the molecule is C1=C(c2ccccc2)CCC(c2nc(-c3ccc(-c4ccccc4)cc3)nc(-c3ccc4c(c3)oc3ccc(-c5ccc6ccccc6c5)cc34)n2)=C1. The quantitative estimate of drug-likeness (QED) is 0.175. The zero-order chi connectivity index (χ0) is 35.1. The molecule has 7 aromatic carbocycles. The van der Waals surface area contributed by atoms with Crippen LogP contribution >= 0.6 is 0 Å². The van der Waals surface area contributed by atoms with Crippen molar-refractivity contribution in [2.75, 3.05) is 0 Å². The van der Waals surface area contributed by atoms with E-state index in [2.05, 4.69) is 170 Å². The standard InChI is InChI=1S/C49H33N3O/c1-3-9-32(10-4-1)35-15-20-37(21-16-35)47-50-48(38-22-17-36(18-23-38)33-11-5-2-6-12-33)52-49(51-47)42-25-27-43-44-30-41(26-28-45(44)53-46(43)31-42)40-24-19-34-13-7-8-14-39(34)29-40/h1-17,19-22,24-31H,18,23H2. The molecule has 0 unspecified atom stereocenters. The summed E-state index contributed by atoms with van der Waals surface area (Å²) in [7, 11) is 0. The second-order valence-corrected chi connectivity index (χ2v) is 13.6. The van der Waals surface area contributed by atoms with Gasteiger partial charge in [0.25, 0.3) is 0 Å². The third kappa shape index (κ3) is 5.90. The Bertz CT molecular complexity index is 2870. The van der Waals surface area contributed by atoms with Gasteiger partial charge in [-0.25, -0.2) is 15.0 Å². The third-order valence-corrected chi connectivity index (χ3v) is 10.3. The van der Waals surface area contributed by atoms with E-state index in [0.29, 0.717) is 17.5 Å². The lowest BCUT2D eigenvalue weighted by molar-refractivity contribution is 0.669. The van der Waals surface area contributed by atoms with Crippen LogP contribution in [0.2, 0.25) is 0 Å². The molecule has 0 atom stereocenters. The molecular weight excluding hydrogens is 647 g/mol. The van der Waals surface area contributed by atoms with Crippen molar-refractivity contribution in [1.82, 2.24) is 15.0 Å². The van der Waals surface area contributed by atoms with Crippen LogP contribution in [0, 0.1) is 0 Å². The molecule has 4 nitrogen and oxygen atoms in total. The van der Waals surface area contributed by atoms with Gasteiger partial charge in [-0.15, -0.1) is 0 Å². The predicted octanol–water partition coefficient (Wildman–Crippen LogP) is 12.9. The van der Waals surface area contributed by atoms with Crippen molar-refractivity contribution >= 4 is 43.9 Å². The van der Waals surface area contributed by atoms with E-state index in [1.165, 1.54) is 33.0 Å². The summed E-state index contributed by atoms with van der Waals surface area (Å²) in [5.41, 5.74) is 11.8. The van der Waals surface area contributed by atoms with Crippen molar-refractivity contribution in [3.05, 3.63) is 187 Å². The highest BCUT2D eigenvalue weighted by Gasteiger charge is 2.18. The first-order valence-corrected chi connectivity index (χ1v) is 18.1. The van der Waals surface area contributed by atoms with Gasteiger partial charge in [0.1, 0.15) is 11.2 Å². The van der Waals surface area contributed by atoms with E-state index >= 15 is 0 Å². The second-order valence-electron chi connectivity index (χ2n) is 13.6. The summed E-state index contributed by atoms with van der Waals surface area (Å²) in [4.78, 5) is 15.2. The lowest BCUT2D eigenvalue weighted by Gasteiger charge is -2.15. The summed E-state index contributed by atoms with van der Waals surface area (Å²) in [5.74, 6) is 1.97. The minimum atomic E-state index is 0.620. The fraction of sp³-hybridized carbons (Fsp3) is 0.0408. The van der Waals surface area contributed by atoms with Crippen molar-refractivity contribution in [3.8, 4) is 45.0 Å². The number of hydrogen-bond acceptors (Lipinski definition) is 4. The summed E-state index contributed by atoms with van der Waals surface area (Å²) >= 11 is 0. The first kappa shape index (κ1) is 30.9. The van der Waals surface area contributed by atoms with Gasteiger partial charge in [0.05, 0.1) is 0 Å². The molecule has 0 saturated carbocycles. The predicted molar refractivity (Wildman–Crippen MR) is 218 cm³/mol. The van der Waals surface area contributed by atoms with E-state index in [1.807, 2.05) is 6.07 Å². The molecule has 2 heterocycles. The fourth-order valence-corrected chi connectivity index (χ4v) is 7.40. The molecule has 9 aromatic rings. The molecule has 0 bridgehead atoms. The van der Waals surface area contributed by atoms with Gasteiger partial charge in [-0.2, -0.15) is 0 Å². The highest BCUT2D eigenvalue weighted by atomic mass is 16.3. The Labute approximate surface area is 307 Å². The maximum Gasteiger partial charge on any atom is 0.164 e. The maximum absolute atomic E-state index is 6.46. The molecule has 0 aliphatic heterocycles. The molecule has 0 N–H and O–H groups in total. The Kier molecular flexibility index (Phi) is 7.58. The summed E-state index contributed by atoms with van der Waals surface area (Å²) in [6.07, 6.45) is 6.14. The number of nitrogens with zero attached hydrogens (tertiary/aromatic N) is 3. The molecule has 0 fully saturated rings. The van der Waals surface area contributed by atoms with E-state index in [9.17, 15) is 0 Å². The lowest BCUT2D eigenvalue weighted by atomic mass is 9.93. The van der Waals surface area contributed by atoms with Crippen LogP contribution in [-0.4, -0.2) is 15.0 Å². The Morgan fingerprint density at radius 2 is 0.906 bits per heavy atom. The number of hydrogen-bond donors (Lipinski definition) is 0. The highest BCUT2D eigenvalue weighted by Crippen LogP contribution is 2.37. The molecule has 0 radical (unpaired) electrons. The van der Waals surface area contributed by atoms with Crippen molar-refractivity contribution in [2.45, 2.75) is 12.8 Å². The summed E-state index contributed by atoms with van der Waals surface area (Å²) in [6, 6.07) is 57.3. The van der Waals surface area contributed by atoms with Gasteiger partial charge < -0.3 is 4.42 Å².